The molecule has 0 fully saturated rings. The number of benzene rings is 5. The largest absolute Gasteiger partial charge is 0.504 e. The van der Waals surface area contributed by atoms with Gasteiger partial charge in [-0.1, -0.05) is 0 Å². The molecule has 0 radical (unpaired) electrons. The third-order valence-corrected chi connectivity index (χ3v) is 11.4. The Bertz CT molecular complexity index is 3190. The Morgan fingerprint density at radius 3 is 1.21 bits per heavy atom. The van der Waals surface area contributed by atoms with Crippen LogP contribution in [-0.4, -0.2) is 143 Å². The summed E-state index contributed by atoms with van der Waals surface area (Å²) in [5.74, 6) is -32.1. The van der Waals surface area contributed by atoms with Crippen molar-refractivity contribution in [3.63, 3.8) is 0 Å². The Hall–Kier alpha value is -9.59. The minimum absolute atomic E-state index is 0.323. The van der Waals surface area contributed by atoms with Crippen LogP contribution in [0.4, 0.5) is 0 Å². The number of esters is 5. The van der Waals surface area contributed by atoms with Crippen LogP contribution in [0, 0.1) is 0 Å². The number of cyclic esters (lactones) is 1. The predicted octanol–water partition coefficient (Wildman–Crippen LogP) is 1.32. The number of fused-ring (bicyclic) bond motifs is 7. The summed E-state index contributed by atoms with van der Waals surface area (Å²) in [4.78, 5) is 72.4. The highest BCUT2D eigenvalue weighted by molar-refractivity contribution is 6.16. The summed E-state index contributed by atoms with van der Waals surface area (Å²) in [7, 11) is 0. The fourth-order valence-corrected chi connectivity index (χ4v) is 8.39. The van der Waals surface area contributed by atoms with E-state index in [9.17, 15) is 106 Å². The molecule has 16 N–H and O–H groups in total. The third-order valence-electron chi connectivity index (χ3n) is 11.4. The van der Waals surface area contributed by atoms with Crippen molar-refractivity contribution < 1.29 is 129 Å². The number of aromatic hydroxyl groups is 15. The number of phenolic OH excluding ortho intramolecular Hbond substituents is 15. The summed E-state index contributed by atoms with van der Waals surface area (Å²) in [6.07, 6.45) is -13.4. The Balaban J connectivity index is 1.44. The Labute approximate surface area is 367 Å². The number of hydrogen-bond donors (Lipinski definition) is 16. The highest BCUT2D eigenvalue weighted by Crippen LogP contribution is 2.62. The first-order valence-electron chi connectivity index (χ1n) is 18.6. The first-order valence-corrected chi connectivity index (χ1v) is 18.6. The maximum Gasteiger partial charge on any atom is 0.340 e. The highest BCUT2D eigenvalue weighted by atomic mass is 16.6. The van der Waals surface area contributed by atoms with E-state index in [2.05, 4.69) is 0 Å². The normalized spacial score (nSPS) is 20.6. The summed E-state index contributed by atoms with van der Waals surface area (Å²) >= 11 is 0. The van der Waals surface area contributed by atoms with Gasteiger partial charge in [0.15, 0.2) is 81.9 Å². The van der Waals surface area contributed by atoms with Gasteiger partial charge in [0.2, 0.25) is 28.7 Å². The van der Waals surface area contributed by atoms with Crippen molar-refractivity contribution >= 4 is 29.8 Å². The molecule has 5 aromatic carbocycles. The van der Waals surface area contributed by atoms with Gasteiger partial charge in [0.25, 0.3) is 0 Å². The maximum atomic E-state index is 15.0. The van der Waals surface area contributed by atoms with Gasteiger partial charge >= 0.3 is 29.8 Å². The molecule has 26 heteroatoms. The average molecular weight is 935 g/mol. The molecule has 5 aromatic rings. The van der Waals surface area contributed by atoms with Crippen molar-refractivity contribution in [3.05, 3.63) is 51.6 Å². The molecular weight excluding hydrogens is 908 g/mol. The Kier molecular flexibility index (Phi) is 9.05. The molecule has 5 aliphatic heterocycles. The van der Waals surface area contributed by atoms with Gasteiger partial charge in [0, 0.05) is 38.9 Å². The van der Waals surface area contributed by atoms with Crippen LogP contribution < -0.4 is 0 Å². The van der Waals surface area contributed by atoms with Crippen molar-refractivity contribution in [2.75, 3.05) is 6.61 Å². The van der Waals surface area contributed by atoms with Crippen molar-refractivity contribution in [2.45, 2.75) is 30.5 Å². The van der Waals surface area contributed by atoms with Gasteiger partial charge in [-0.05, 0) is 18.2 Å². The van der Waals surface area contributed by atoms with Gasteiger partial charge in [0.05, 0.1) is 27.8 Å². The first kappa shape index (κ1) is 42.7. The number of carbonyl (C=O) groups excluding carboxylic acids is 5. The van der Waals surface area contributed by atoms with Crippen LogP contribution in [0.2, 0.25) is 0 Å². The van der Waals surface area contributed by atoms with Gasteiger partial charge in [-0.25, -0.2) is 24.0 Å². The molecule has 346 valence electrons. The quantitative estimate of drug-likeness (QED) is 0.0591. The molecule has 0 aliphatic carbocycles. The van der Waals surface area contributed by atoms with E-state index in [1.807, 2.05) is 0 Å². The molecule has 5 heterocycles. The Morgan fingerprint density at radius 1 is 0.343 bits per heavy atom. The van der Waals surface area contributed by atoms with Crippen molar-refractivity contribution in [3.8, 4) is 120 Å². The van der Waals surface area contributed by atoms with Crippen LogP contribution in [0.1, 0.15) is 63.5 Å². The maximum absolute atomic E-state index is 15.0. The van der Waals surface area contributed by atoms with Crippen LogP contribution in [0.3, 0.4) is 0 Å². The standard InChI is InChI=1S/C41H26O26/c42-8-1-5-12(24(48)21(8)45)13-6(2-9(43)22(46)25(13)49)39(60)65-34-11(4-63-37(5)58)64-38(59)7-3-10(44)23(47)26(50)14(7)15-18-16(28(52)32(56)27(15)51)17-19-20(30(54)33(57)29(17)53)31(55)35(66-41(19)62)36(34)67-40(18)61/h1-3,11,31,34-36,42-57H,4H2/t11-,31-,34?,35-,36+/m1/s1. The lowest BCUT2D eigenvalue weighted by Gasteiger charge is -2.40. The van der Waals surface area contributed by atoms with Crippen LogP contribution >= 0.6 is 0 Å². The second-order valence-electron chi connectivity index (χ2n) is 15.0. The van der Waals surface area contributed by atoms with Crippen LogP contribution in [0.25, 0.3) is 33.4 Å². The van der Waals surface area contributed by atoms with Crippen molar-refractivity contribution in [1.82, 2.24) is 0 Å². The van der Waals surface area contributed by atoms with Gasteiger partial charge < -0.3 is 105 Å². The fraction of sp³-hybridized carbons (Fsp3) is 0.146. The van der Waals surface area contributed by atoms with Crippen molar-refractivity contribution in [2.24, 2.45) is 0 Å². The topological polar surface area (TPSA) is 455 Å². The van der Waals surface area contributed by atoms with Gasteiger partial charge in [0.1, 0.15) is 12.7 Å². The third kappa shape index (κ3) is 5.68. The molecular formula is C41H26O26. The van der Waals surface area contributed by atoms with Crippen LogP contribution in [-0.2, 0) is 23.7 Å². The van der Waals surface area contributed by atoms with E-state index in [-0.39, 0.29) is 0 Å². The molecule has 5 aliphatic rings. The summed E-state index contributed by atoms with van der Waals surface area (Å²) in [6.45, 7) is -1.51. The van der Waals surface area contributed by atoms with Crippen LogP contribution in [0.5, 0.6) is 86.2 Å². The smallest absolute Gasteiger partial charge is 0.340 e. The summed E-state index contributed by atoms with van der Waals surface area (Å²) in [6, 6.07) is 1.07. The minimum Gasteiger partial charge on any atom is -0.504 e. The number of aliphatic hydroxyl groups is 1. The number of hydrogen-bond acceptors (Lipinski definition) is 26. The van der Waals surface area contributed by atoms with Gasteiger partial charge in [-0.2, -0.15) is 0 Å². The molecule has 0 aromatic heterocycles. The fourth-order valence-electron chi connectivity index (χ4n) is 8.39. The lowest BCUT2D eigenvalue weighted by atomic mass is 9.80. The van der Waals surface area contributed by atoms with E-state index in [1.54, 1.807) is 0 Å². The molecule has 5 atom stereocenters. The van der Waals surface area contributed by atoms with E-state index >= 15 is 0 Å². The Morgan fingerprint density at radius 2 is 0.701 bits per heavy atom. The van der Waals surface area contributed by atoms with Gasteiger partial charge in [-0.15, -0.1) is 0 Å². The molecule has 0 saturated heterocycles. The number of rotatable bonds is 0. The molecule has 10 rings (SSSR count). The lowest BCUT2D eigenvalue weighted by molar-refractivity contribution is -0.154. The zero-order valence-electron chi connectivity index (χ0n) is 32.6. The molecule has 6 bridgehead atoms. The number of ether oxygens (including phenoxy) is 5. The second kappa shape index (κ2) is 14.2. The highest BCUT2D eigenvalue weighted by Gasteiger charge is 2.55. The molecule has 26 nitrogen and oxygen atoms in total. The molecule has 67 heavy (non-hydrogen) atoms. The minimum atomic E-state index is -2.79. The predicted molar refractivity (Wildman–Crippen MR) is 206 cm³/mol. The number of phenols is 15. The zero-order valence-corrected chi connectivity index (χ0v) is 32.6. The summed E-state index contributed by atoms with van der Waals surface area (Å²) in [5.41, 5.74) is -14.9. The van der Waals surface area contributed by atoms with Crippen molar-refractivity contribution in [1.29, 1.82) is 0 Å². The molecule has 0 saturated carbocycles. The monoisotopic (exact) mass is 934 g/mol. The SMILES string of the molecule is O=C1OC[C@H]2OC(=O)c3cc(O)c(O)c(O)c3-c3c(O)c(O)c(O)c4c3C(=O)O[C@@H](C2OC(=O)c2cc(O)c(O)c(O)c2-c2c1cc(O)c(O)c2O)[C@@H]1OC(=O)c2c-4c(O)c(O)c(O)c2[C@H]1O. The molecule has 1 unspecified atom stereocenters. The van der Waals surface area contributed by atoms with E-state index in [4.69, 9.17) is 23.7 Å². The van der Waals surface area contributed by atoms with E-state index in [0.29, 0.717) is 18.2 Å². The average Bonchev–Trinajstić information content (AvgIpc) is 3.30. The number of carbonyl (C=O) groups is 5. The molecule has 0 spiro atoms. The van der Waals surface area contributed by atoms with E-state index in [1.165, 1.54) is 0 Å². The van der Waals surface area contributed by atoms with Crippen LogP contribution in [0.15, 0.2) is 18.2 Å². The second-order valence-corrected chi connectivity index (χ2v) is 15.0. The lowest BCUT2D eigenvalue weighted by Crippen LogP contribution is -2.56. The first-order chi connectivity index (χ1) is 31.5. The molecule has 0 amide bonds. The summed E-state index contributed by atoms with van der Waals surface area (Å²) in [5, 5.41) is 177. The van der Waals surface area contributed by atoms with Gasteiger partial charge in [-0.3, -0.25) is 0 Å². The zero-order chi connectivity index (χ0) is 48.7. The van der Waals surface area contributed by atoms with E-state index < -0.39 is 220 Å². The summed E-state index contributed by atoms with van der Waals surface area (Å²) < 4.78 is 27.8. The van der Waals surface area contributed by atoms with E-state index in [0.717, 1.165) is 0 Å². The number of aliphatic hydroxyl groups excluding tert-OH is 1.